The lowest BCUT2D eigenvalue weighted by Gasteiger charge is -2.22. The lowest BCUT2D eigenvalue weighted by Crippen LogP contribution is -2.34. The van der Waals surface area contributed by atoms with Gasteiger partial charge in [0, 0.05) is 17.5 Å². The molecule has 1 aliphatic heterocycles. The van der Waals surface area contributed by atoms with Gasteiger partial charge in [-0.1, -0.05) is 11.6 Å². The first-order chi connectivity index (χ1) is 8.08. The van der Waals surface area contributed by atoms with E-state index in [0.29, 0.717) is 10.9 Å². The fourth-order valence-electron chi connectivity index (χ4n) is 1.44. The summed E-state index contributed by atoms with van der Waals surface area (Å²) >= 11 is 5.79. The first kappa shape index (κ1) is 11.7. The van der Waals surface area contributed by atoms with Crippen LogP contribution in [-0.2, 0) is 4.79 Å². The summed E-state index contributed by atoms with van der Waals surface area (Å²) in [5.74, 6) is 0.248. The molecule has 0 aliphatic carbocycles. The third-order valence-electron chi connectivity index (χ3n) is 2.30. The van der Waals surface area contributed by atoms with Crippen LogP contribution in [0.15, 0.2) is 39.6 Å². The van der Waals surface area contributed by atoms with E-state index in [1.54, 1.807) is 31.2 Å². The molecule has 1 atom stereocenters. The van der Waals surface area contributed by atoms with Gasteiger partial charge in [-0.3, -0.25) is 4.79 Å². The number of hydrogen-bond donors (Lipinski definition) is 0. The van der Waals surface area contributed by atoms with Crippen molar-refractivity contribution in [2.75, 3.05) is 0 Å². The summed E-state index contributed by atoms with van der Waals surface area (Å²) in [6.45, 7) is 3.20. The third-order valence-corrected chi connectivity index (χ3v) is 2.55. The second-order valence-electron chi connectivity index (χ2n) is 3.64. The molecule has 1 heterocycles. The highest BCUT2D eigenvalue weighted by molar-refractivity contribution is 6.30. The molecule has 1 aromatic carbocycles. The number of halogens is 1. The molecule has 0 bridgehead atoms. The van der Waals surface area contributed by atoms with Gasteiger partial charge in [-0.2, -0.15) is 5.11 Å². The lowest BCUT2D eigenvalue weighted by atomic mass is 10.2. The summed E-state index contributed by atoms with van der Waals surface area (Å²) in [5, 5.41) is 14.1. The minimum absolute atomic E-state index is 0.164. The number of hydrogen-bond acceptors (Lipinski definition) is 4. The molecule has 0 unspecified atom stereocenters. The predicted molar refractivity (Wildman–Crippen MR) is 64.8 cm³/mol. The van der Waals surface area contributed by atoms with Gasteiger partial charge in [0.1, 0.15) is 0 Å². The molecule has 1 amide bonds. The molecule has 0 spiro atoms. The summed E-state index contributed by atoms with van der Waals surface area (Å²) in [6.07, 6.45) is -0.358. The quantitative estimate of drug-likeness (QED) is 0.756. The summed E-state index contributed by atoms with van der Waals surface area (Å²) in [4.78, 5) is 11.3. The van der Waals surface area contributed by atoms with Crippen LogP contribution in [0, 0.1) is 0 Å². The standard InChI is InChI=1S/C11H11ClN4O/c1-7-13-14-11(15-16(7)8(2)17)9-3-5-10(12)6-4-9/h3-7H,1-2H3/t7-/m1/s1. The Hall–Kier alpha value is -1.75. The molecule has 5 nitrogen and oxygen atoms in total. The van der Waals surface area contributed by atoms with Crippen molar-refractivity contribution in [3.63, 3.8) is 0 Å². The Bertz CT molecular complexity index is 495. The van der Waals surface area contributed by atoms with Gasteiger partial charge in [0.25, 0.3) is 0 Å². The van der Waals surface area contributed by atoms with Crippen LogP contribution < -0.4 is 0 Å². The van der Waals surface area contributed by atoms with E-state index in [0.717, 1.165) is 5.56 Å². The van der Waals surface area contributed by atoms with Gasteiger partial charge in [0.05, 0.1) is 0 Å². The average molecular weight is 251 g/mol. The van der Waals surface area contributed by atoms with E-state index in [-0.39, 0.29) is 12.1 Å². The van der Waals surface area contributed by atoms with Crippen molar-refractivity contribution in [3.8, 4) is 0 Å². The Labute approximate surface area is 104 Å². The van der Waals surface area contributed by atoms with Crippen LogP contribution in [0.5, 0.6) is 0 Å². The fraction of sp³-hybridized carbons (Fsp3) is 0.273. The maximum Gasteiger partial charge on any atom is 0.241 e. The molecule has 0 N–H and O–H groups in total. The van der Waals surface area contributed by atoms with E-state index in [9.17, 15) is 4.79 Å². The smallest absolute Gasteiger partial charge is 0.241 e. The Morgan fingerprint density at radius 1 is 1.35 bits per heavy atom. The van der Waals surface area contributed by atoms with E-state index in [2.05, 4.69) is 15.3 Å². The maximum absolute atomic E-state index is 11.3. The van der Waals surface area contributed by atoms with Gasteiger partial charge in [-0.05, 0) is 31.2 Å². The van der Waals surface area contributed by atoms with Crippen molar-refractivity contribution in [1.29, 1.82) is 0 Å². The number of amidine groups is 1. The number of carbonyl (C=O) groups is 1. The van der Waals surface area contributed by atoms with Crippen molar-refractivity contribution in [2.45, 2.75) is 20.0 Å². The van der Waals surface area contributed by atoms with Gasteiger partial charge >= 0.3 is 0 Å². The zero-order chi connectivity index (χ0) is 12.4. The Kier molecular flexibility index (Phi) is 3.19. The molecule has 1 aromatic rings. The predicted octanol–water partition coefficient (Wildman–Crippen LogP) is 2.66. The zero-order valence-electron chi connectivity index (χ0n) is 9.46. The first-order valence-electron chi connectivity index (χ1n) is 5.13. The van der Waals surface area contributed by atoms with Crippen molar-refractivity contribution in [2.24, 2.45) is 15.3 Å². The van der Waals surface area contributed by atoms with Crippen LogP contribution in [0.4, 0.5) is 0 Å². The monoisotopic (exact) mass is 250 g/mol. The molecular formula is C11H11ClN4O. The molecular weight excluding hydrogens is 240 g/mol. The SMILES string of the molecule is CC(=O)N1N=C(c2ccc(Cl)cc2)N=N[C@H]1C. The first-order valence-corrected chi connectivity index (χ1v) is 5.51. The number of nitrogens with zero attached hydrogens (tertiary/aromatic N) is 4. The van der Waals surface area contributed by atoms with E-state index >= 15 is 0 Å². The minimum atomic E-state index is -0.358. The highest BCUT2D eigenvalue weighted by Gasteiger charge is 2.21. The van der Waals surface area contributed by atoms with Crippen molar-refractivity contribution in [3.05, 3.63) is 34.9 Å². The number of amides is 1. The van der Waals surface area contributed by atoms with Gasteiger partial charge in [0.15, 0.2) is 6.17 Å². The number of azo groups is 1. The van der Waals surface area contributed by atoms with Gasteiger partial charge in [0.2, 0.25) is 11.7 Å². The van der Waals surface area contributed by atoms with E-state index in [4.69, 9.17) is 11.6 Å². The van der Waals surface area contributed by atoms with Crippen molar-refractivity contribution >= 4 is 23.3 Å². The van der Waals surface area contributed by atoms with Crippen LogP contribution in [0.2, 0.25) is 5.02 Å². The highest BCUT2D eigenvalue weighted by Crippen LogP contribution is 2.16. The fourth-order valence-corrected chi connectivity index (χ4v) is 1.57. The summed E-state index contributed by atoms with van der Waals surface area (Å²) in [6, 6.07) is 7.05. The molecule has 0 fully saturated rings. The largest absolute Gasteiger partial charge is 0.273 e. The topological polar surface area (TPSA) is 57.4 Å². The second-order valence-corrected chi connectivity index (χ2v) is 4.08. The molecule has 2 rings (SSSR count). The second kappa shape index (κ2) is 4.63. The van der Waals surface area contributed by atoms with E-state index < -0.39 is 0 Å². The van der Waals surface area contributed by atoms with Crippen LogP contribution >= 0.6 is 11.6 Å². The number of carbonyl (C=O) groups excluding carboxylic acids is 1. The Morgan fingerprint density at radius 2 is 2.00 bits per heavy atom. The third kappa shape index (κ3) is 2.50. The molecule has 6 heteroatoms. The zero-order valence-corrected chi connectivity index (χ0v) is 10.2. The van der Waals surface area contributed by atoms with Crippen molar-refractivity contribution < 1.29 is 4.79 Å². The number of benzene rings is 1. The molecule has 17 heavy (non-hydrogen) atoms. The normalized spacial score (nSPS) is 19.1. The Morgan fingerprint density at radius 3 is 2.59 bits per heavy atom. The molecule has 88 valence electrons. The number of hydrazone groups is 1. The Balaban J connectivity index is 2.33. The molecule has 0 saturated carbocycles. The molecule has 0 saturated heterocycles. The van der Waals surface area contributed by atoms with Gasteiger partial charge in [-0.25, -0.2) is 5.01 Å². The molecule has 0 radical (unpaired) electrons. The van der Waals surface area contributed by atoms with Crippen LogP contribution in [-0.4, -0.2) is 22.9 Å². The summed E-state index contributed by atoms with van der Waals surface area (Å²) in [5.41, 5.74) is 0.774. The van der Waals surface area contributed by atoms with E-state index in [1.165, 1.54) is 11.9 Å². The molecule has 1 aliphatic rings. The van der Waals surface area contributed by atoms with Gasteiger partial charge in [-0.15, -0.1) is 10.2 Å². The summed E-state index contributed by atoms with van der Waals surface area (Å²) in [7, 11) is 0. The van der Waals surface area contributed by atoms with Crippen LogP contribution in [0.3, 0.4) is 0 Å². The highest BCUT2D eigenvalue weighted by atomic mass is 35.5. The average Bonchev–Trinajstić information content (AvgIpc) is 2.30. The maximum atomic E-state index is 11.3. The van der Waals surface area contributed by atoms with Crippen LogP contribution in [0.1, 0.15) is 19.4 Å². The van der Waals surface area contributed by atoms with Crippen molar-refractivity contribution in [1.82, 2.24) is 5.01 Å². The molecule has 0 aromatic heterocycles. The number of rotatable bonds is 1. The lowest BCUT2D eigenvalue weighted by molar-refractivity contribution is -0.131. The van der Waals surface area contributed by atoms with E-state index in [1.807, 2.05) is 0 Å². The minimum Gasteiger partial charge on any atom is -0.273 e. The van der Waals surface area contributed by atoms with Crippen LogP contribution in [0.25, 0.3) is 0 Å². The summed E-state index contributed by atoms with van der Waals surface area (Å²) < 4.78 is 0. The van der Waals surface area contributed by atoms with Gasteiger partial charge < -0.3 is 0 Å².